The van der Waals surface area contributed by atoms with Crippen molar-refractivity contribution in [2.24, 2.45) is 0 Å². The van der Waals surface area contributed by atoms with Crippen molar-refractivity contribution >= 4 is 5.97 Å². The Morgan fingerprint density at radius 3 is 2.44 bits per heavy atom. The Hall–Kier alpha value is -2.89. The van der Waals surface area contributed by atoms with Crippen LogP contribution in [0.3, 0.4) is 0 Å². The fourth-order valence-corrected chi connectivity index (χ4v) is 4.20. The summed E-state index contributed by atoms with van der Waals surface area (Å²) in [6.07, 6.45) is -6.09. The van der Waals surface area contributed by atoms with Crippen LogP contribution in [0.25, 0.3) is 0 Å². The van der Waals surface area contributed by atoms with Crippen LogP contribution in [0.4, 0.5) is 0 Å². The molecular weight excluding hydrogens is 448 g/mol. The summed E-state index contributed by atoms with van der Waals surface area (Å²) in [5.74, 6) is -0.151. The molecule has 4 rings (SSSR count). The van der Waals surface area contributed by atoms with E-state index in [-0.39, 0.29) is 17.1 Å². The molecule has 1 saturated heterocycles. The van der Waals surface area contributed by atoms with Crippen molar-refractivity contribution in [3.8, 4) is 17.2 Å². The monoisotopic (exact) mass is 476 g/mol. The SMILES string of the molecule is COc1ccc(CCC2Cc3cc(OC4OC(CO)C(O)C(O)C4O)cc(O)c3C(=O)O2)cc1. The molecule has 0 aliphatic carbocycles. The molecule has 2 aromatic carbocycles. The first-order chi connectivity index (χ1) is 16.3. The lowest BCUT2D eigenvalue weighted by Crippen LogP contribution is -2.60. The lowest BCUT2D eigenvalue weighted by molar-refractivity contribution is -0.277. The topological polar surface area (TPSA) is 155 Å². The van der Waals surface area contributed by atoms with E-state index in [4.69, 9.17) is 18.9 Å². The van der Waals surface area contributed by atoms with Crippen LogP contribution in [0.1, 0.15) is 27.9 Å². The summed E-state index contributed by atoms with van der Waals surface area (Å²) in [6.45, 7) is -0.595. The van der Waals surface area contributed by atoms with E-state index in [9.17, 15) is 30.3 Å². The lowest BCUT2D eigenvalue weighted by atomic mass is 9.94. The Morgan fingerprint density at radius 2 is 1.76 bits per heavy atom. The van der Waals surface area contributed by atoms with Crippen LogP contribution in [0.2, 0.25) is 0 Å². The molecule has 0 bridgehead atoms. The molecule has 0 aromatic heterocycles. The number of aliphatic hydroxyl groups excluding tert-OH is 4. The quantitative estimate of drug-likeness (QED) is 0.352. The second-order valence-electron chi connectivity index (χ2n) is 8.41. The van der Waals surface area contributed by atoms with Crippen molar-refractivity contribution in [2.75, 3.05) is 13.7 Å². The number of fused-ring (bicyclic) bond motifs is 1. The maximum atomic E-state index is 12.5. The van der Waals surface area contributed by atoms with Gasteiger partial charge in [-0.1, -0.05) is 12.1 Å². The van der Waals surface area contributed by atoms with E-state index >= 15 is 0 Å². The number of aryl methyl sites for hydroxylation is 1. The van der Waals surface area contributed by atoms with Crippen LogP contribution in [0, 0.1) is 0 Å². The fraction of sp³-hybridized carbons (Fsp3) is 0.458. The molecule has 2 aromatic rings. The van der Waals surface area contributed by atoms with Crippen molar-refractivity contribution in [1.82, 2.24) is 0 Å². The maximum absolute atomic E-state index is 12.5. The number of aromatic hydroxyl groups is 1. The first kappa shape index (κ1) is 24.2. The number of carbonyl (C=O) groups excluding carboxylic acids is 1. The summed E-state index contributed by atoms with van der Waals surface area (Å²) in [7, 11) is 1.60. The smallest absolute Gasteiger partial charge is 0.342 e. The van der Waals surface area contributed by atoms with Gasteiger partial charge >= 0.3 is 5.97 Å². The zero-order chi connectivity index (χ0) is 24.4. The molecule has 1 fully saturated rings. The number of methoxy groups -OCH3 is 1. The minimum absolute atomic E-state index is 0.0434. The number of hydrogen-bond acceptors (Lipinski definition) is 10. The number of cyclic esters (lactones) is 1. The first-order valence-electron chi connectivity index (χ1n) is 11.0. The third kappa shape index (κ3) is 4.96. The standard InChI is InChI=1S/C24H28O10/c1-31-14-5-2-12(3-6-14)4-7-15-8-13-9-16(10-17(26)19(13)23(30)32-15)33-24-22(29)21(28)20(27)18(11-25)34-24/h2-3,5-6,9-10,15,18,20-22,24-29H,4,7-8,11H2,1H3. The molecule has 34 heavy (non-hydrogen) atoms. The second kappa shape index (κ2) is 10.2. The number of benzene rings is 2. The average Bonchev–Trinajstić information content (AvgIpc) is 2.83. The van der Waals surface area contributed by atoms with Crippen molar-refractivity contribution in [3.05, 3.63) is 53.1 Å². The number of aliphatic hydroxyl groups is 4. The average molecular weight is 476 g/mol. The molecule has 2 heterocycles. The highest BCUT2D eigenvalue weighted by molar-refractivity contribution is 5.95. The van der Waals surface area contributed by atoms with Gasteiger partial charge in [-0.2, -0.15) is 0 Å². The van der Waals surface area contributed by atoms with Crippen LogP contribution >= 0.6 is 0 Å². The third-order valence-corrected chi connectivity index (χ3v) is 6.11. The van der Waals surface area contributed by atoms with Gasteiger partial charge in [0, 0.05) is 12.5 Å². The lowest BCUT2D eigenvalue weighted by Gasteiger charge is -2.39. The molecule has 5 N–H and O–H groups in total. The normalized spacial score (nSPS) is 28.7. The summed E-state index contributed by atoms with van der Waals surface area (Å²) in [5.41, 5.74) is 1.61. The Kier molecular flexibility index (Phi) is 7.24. The minimum Gasteiger partial charge on any atom is -0.507 e. The summed E-state index contributed by atoms with van der Waals surface area (Å²) in [6, 6.07) is 10.3. The molecule has 0 saturated carbocycles. The third-order valence-electron chi connectivity index (χ3n) is 6.11. The van der Waals surface area contributed by atoms with Crippen LogP contribution in [-0.2, 0) is 22.3 Å². The van der Waals surface area contributed by atoms with E-state index in [1.165, 1.54) is 12.1 Å². The molecular formula is C24H28O10. The van der Waals surface area contributed by atoms with Crippen LogP contribution in [-0.4, -0.2) is 82.0 Å². The summed E-state index contributed by atoms with van der Waals surface area (Å²) in [4.78, 5) is 12.5. The predicted octanol–water partition coefficient (Wildman–Crippen LogP) is 0.294. The van der Waals surface area contributed by atoms with Gasteiger partial charge in [0.25, 0.3) is 0 Å². The van der Waals surface area contributed by atoms with Crippen molar-refractivity contribution in [2.45, 2.75) is 56.1 Å². The summed E-state index contributed by atoms with van der Waals surface area (Å²) < 4.78 is 21.6. The zero-order valence-corrected chi connectivity index (χ0v) is 18.5. The van der Waals surface area contributed by atoms with Crippen molar-refractivity contribution < 1.29 is 49.3 Å². The molecule has 0 spiro atoms. The molecule has 2 aliphatic heterocycles. The van der Waals surface area contributed by atoms with Gasteiger partial charge in [0.15, 0.2) is 0 Å². The second-order valence-corrected chi connectivity index (χ2v) is 8.41. The molecule has 184 valence electrons. The van der Waals surface area contributed by atoms with E-state index in [0.29, 0.717) is 24.8 Å². The fourth-order valence-electron chi connectivity index (χ4n) is 4.20. The number of ether oxygens (including phenoxy) is 4. The number of hydrogen-bond donors (Lipinski definition) is 5. The molecule has 2 aliphatic rings. The molecule has 10 nitrogen and oxygen atoms in total. The highest BCUT2D eigenvalue weighted by atomic mass is 16.7. The van der Waals surface area contributed by atoms with Gasteiger partial charge in [-0.3, -0.25) is 0 Å². The van der Waals surface area contributed by atoms with Gasteiger partial charge < -0.3 is 44.5 Å². The van der Waals surface area contributed by atoms with E-state index in [1.807, 2.05) is 24.3 Å². The van der Waals surface area contributed by atoms with Gasteiger partial charge in [0.05, 0.1) is 13.7 Å². The summed E-state index contributed by atoms with van der Waals surface area (Å²) >= 11 is 0. The van der Waals surface area contributed by atoms with Gasteiger partial charge in [-0.05, 0) is 42.2 Å². The van der Waals surface area contributed by atoms with Gasteiger partial charge in [0.2, 0.25) is 6.29 Å². The van der Waals surface area contributed by atoms with E-state index in [2.05, 4.69) is 0 Å². The van der Waals surface area contributed by atoms with Crippen LogP contribution in [0.15, 0.2) is 36.4 Å². The number of phenolic OH excluding ortho intramolecular Hbond substituents is 1. The minimum atomic E-state index is -1.60. The Balaban J connectivity index is 1.47. The largest absolute Gasteiger partial charge is 0.507 e. The van der Waals surface area contributed by atoms with Crippen LogP contribution in [0.5, 0.6) is 17.2 Å². The Morgan fingerprint density at radius 1 is 1.03 bits per heavy atom. The number of phenols is 1. The maximum Gasteiger partial charge on any atom is 0.342 e. The van der Waals surface area contributed by atoms with E-state index in [0.717, 1.165) is 11.3 Å². The highest BCUT2D eigenvalue weighted by Gasteiger charge is 2.45. The highest BCUT2D eigenvalue weighted by Crippen LogP contribution is 2.35. The van der Waals surface area contributed by atoms with Gasteiger partial charge in [-0.25, -0.2) is 4.79 Å². The molecule has 6 atom stereocenters. The molecule has 6 unspecified atom stereocenters. The Bertz CT molecular complexity index is 1010. The first-order valence-corrected chi connectivity index (χ1v) is 11.0. The zero-order valence-electron chi connectivity index (χ0n) is 18.5. The van der Waals surface area contributed by atoms with Crippen LogP contribution < -0.4 is 9.47 Å². The molecule has 0 amide bonds. The van der Waals surface area contributed by atoms with E-state index in [1.54, 1.807) is 7.11 Å². The number of esters is 1. The molecule has 0 radical (unpaired) electrons. The molecule has 10 heteroatoms. The van der Waals surface area contributed by atoms with Crippen molar-refractivity contribution in [1.29, 1.82) is 0 Å². The predicted molar refractivity (Wildman–Crippen MR) is 117 cm³/mol. The summed E-state index contributed by atoms with van der Waals surface area (Å²) in [5, 5.41) is 49.8. The van der Waals surface area contributed by atoms with E-state index < -0.39 is 49.4 Å². The van der Waals surface area contributed by atoms with Crippen molar-refractivity contribution in [3.63, 3.8) is 0 Å². The van der Waals surface area contributed by atoms with Gasteiger partial charge in [-0.15, -0.1) is 0 Å². The van der Waals surface area contributed by atoms with Gasteiger partial charge in [0.1, 0.15) is 53.3 Å². The Labute approximate surface area is 195 Å². The number of carbonyl (C=O) groups is 1. The number of rotatable bonds is 7.